The first-order chi connectivity index (χ1) is 16.8. The van der Waals surface area contributed by atoms with Crippen LogP contribution in [0.5, 0.6) is 11.5 Å². The monoisotopic (exact) mass is 477 g/mol. The molecule has 35 heavy (non-hydrogen) atoms. The Bertz CT molecular complexity index is 1130. The van der Waals surface area contributed by atoms with Crippen LogP contribution in [0.3, 0.4) is 0 Å². The summed E-state index contributed by atoms with van der Waals surface area (Å²) in [6.45, 7) is 1.73. The zero-order valence-electron chi connectivity index (χ0n) is 19.2. The summed E-state index contributed by atoms with van der Waals surface area (Å²) in [6.07, 6.45) is -0.525. The number of carboxylic acid groups (broad SMARTS) is 2. The Morgan fingerprint density at radius 2 is 1.43 bits per heavy atom. The predicted octanol–water partition coefficient (Wildman–Crippen LogP) is 4.25. The van der Waals surface area contributed by atoms with Crippen LogP contribution >= 0.6 is 0 Å². The number of nitrogens with one attached hydrogen (secondary N) is 1. The molecule has 2 unspecified atom stereocenters. The van der Waals surface area contributed by atoms with Crippen LogP contribution in [0.25, 0.3) is 11.1 Å². The van der Waals surface area contributed by atoms with E-state index in [0.29, 0.717) is 17.1 Å². The van der Waals surface area contributed by atoms with E-state index in [1.54, 1.807) is 43.3 Å². The average molecular weight is 478 g/mol. The Balaban J connectivity index is 1.50. The third-order valence-corrected chi connectivity index (χ3v) is 5.16. The van der Waals surface area contributed by atoms with Crippen LogP contribution < -0.4 is 14.8 Å². The minimum Gasteiger partial charge on any atom is -0.493 e. The third-order valence-electron chi connectivity index (χ3n) is 5.16. The highest BCUT2D eigenvalue weighted by atomic mass is 16.5. The van der Waals surface area contributed by atoms with Gasteiger partial charge in [-0.15, -0.1) is 0 Å². The molecule has 0 aliphatic carbocycles. The lowest BCUT2D eigenvalue weighted by Gasteiger charge is -2.16. The number of hydrogen-bond donors (Lipinski definition) is 3. The number of benzene rings is 3. The van der Waals surface area contributed by atoms with E-state index in [0.717, 1.165) is 11.1 Å². The van der Waals surface area contributed by atoms with Gasteiger partial charge in [-0.1, -0.05) is 42.5 Å². The first-order valence-corrected chi connectivity index (χ1v) is 11.1. The molecule has 3 aromatic carbocycles. The summed E-state index contributed by atoms with van der Waals surface area (Å²) >= 11 is 0. The number of rotatable bonds is 12. The smallest absolute Gasteiger partial charge is 0.326 e. The Hall–Kier alpha value is -4.33. The molecule has 0 radical (unpaired) electrons. The highest BCUT2D eigenvalue weighted by Gasteiger charge is 2.21. The maximum absolute atomic E-state index is 12.6. The van der Waals surface area contributed by atoms with Crippen molar-refractivity contribution >= 4 is 17.8 Å². The lowest BCUT2D eigenvalue weighted by molar-refractivity contribution is -0.140. The summed E-state index contributed by atoms with van der Waals surface area (Å²) in [5, 5.41) is 20.8. The Labute approximate surface area is 203 Å². The molecule has 1 amide bonds. The zero-order valence-corrected chi connectivity index (χ0v) is 19.2. The van der Waals surface area contributed by atoms with Gasteiger partial charge in [-0.3, -0.25) is 9.59 Å². The number of aliphatic carboxylic acids is 2. The molecule has 0 spiro atoms. The van der Waals surface area contributed by atoms with Crippen molar-refractivity contribution in [1.29, 1.82) is 0 Å². The summed E-state index contributed by atoms with van der Waals surface area (Å²) in [5.41, 5.74) is 2.34. The van der Waals surface area contributed by atoms with Crippen LogP contribution in [-0.2, 0) is 9.59 Å². The fourth-order valence-electron chi connectivity index (χ4n) is 3.37. The van der Waals surface area contributed by atoms with E-state index in [-0.39, 0.29) is 19.4 Å². The largest absolute Gasteiger partial charge is 0.493 e. The molecular weight excluding hydrogens is 450 g/mol. The van der Waals surface area contributed by atoms with Crippen LogP contribution in [0.4, 0.5) is 0 Å². The van der Waals surface area contributed by atoms with E-state index in [2.05, 4.69) is 5.32 Å². The first kappa shape index (κ1) is 25.3. The molecule has 3 aromatic rings. The summed E-state index contributed by atoms with van der Waals surface area (Å²) in [6, 6.07) is 22.1. The molecule has 0 aliphatic heterocycles. The maximum Gasteiger partial charge on any atom is 0.326 e. The van der Waals surface area contributed by atoms with Gasteiger partial charge in [0.25, 0.3) is 5.91 Å². The molecule has 2 atom stereocenters. The molecule has 0 heterocycles. The van der Waals surface area contributed by atoms with Gasteiger partial charge >= 0.3 is 11.9 Å². The molecule has 0 bridgehead atoms. The van der Waals surface area contributed by atoms with Crippen molar-refractivity contribution in [2.75, 3.05) is 6.61 Å². The van der Waals surface area contributed by atoms with Crippen LogP contribution in [-0.4, -0.2) is 46.8 Å². The summed E-state index contributed by atoms with van der Waals surface area (Å²) in [7, 11) is 0. The fraction of sp³-hybridized carbons (Fsp3) is 0.222. The van der Waals surface area contributed by atoms with E-state index in [4.69, 9.17) is 14.6 Å². The van der Waals surface area contributed by atoms with Gasteiger partial charge in [0.05, 0.1) is 13.0 Å². The summed E-state index contributed by atoms with van der Waals surface area (Å²) < 4.78 is 11.1. The van der Waals surface area contributed by atoms with Crippen molar-refractivity contribution in [2.24, 2.45) is 0 Å². The van der Waals surface area contributed by atoms with Crippen LogP contribution in [0, 0.1) is 0 Å². The predicted molar refractivity (Wildman–Crippen MR) is 130 cm³/mol. The normalized spacial score (nSPS) is 12.3. The number of hydrogen-bond acceptors (Lipinski definition) is 5. The topological polar surface area (TPSA) is 122 Å². The van der Waals surface area contributed by atoms with Gasteiger partial charge in [-0.25, -0.2) is 4.79 Å². The van der Waals surface area contributed by atoms with E-state index >= 15 is 0 Å². The number of ether oxygens (including phenoxy) is 2. The van der Waals surface area contributed by atoms with Crippen LogP contribution in [0.2, 0.25) is 0 Å². The van der Waals surface area contributed by atoms with Gasteiger partial charge in [0.2, 0.25) is 0 Å². The second-order valence-corrected chi connectivity index (χ2v) is 7.94. The Morgan fingerprint density at radius 1 is 0.829 bits per heavy atom. The van der Waals surface area contributed by atoms with Gasteiger partial charge in [-0.2, -0.15) is 0 Å². The Morgan fingerprint density at radius 3 is 2.03 bits per heavy atom. The second kappa shape index (κ2) is 12.2. The molecule has 0 fully saturated rings. The second-order valence-electron chi connectivity index (χ2n) is 7.94. The molecule has 8 heteroatoms. The molecular formula is C27H27NO7. The highest BCUT2D eigenvalue weighted by molar-refractivity contribution is 5.97. The first-order valence-electron chi connectivity index (χ1n) is 11.1. The van der Waals surface area contributed by atoms with E-state index in [1.165, 1.54) is 0 Å². The molecule has 182 valence electrons. The maximum atomic E-state index is 12.6. The molecule has 0 saturated heterocycles. The number of carbonyl (C=O) groups excluding carboxylic acids is 1. The molecule has 0 aliphatic rings. The van der Waals surface area contributed by atoms with Crippen molar-refractivity contribution in [2.45, 2.75) is 31.9 Å². The minimum atomic E-state index is -1.15. The lowest BCUT2D eigenvalue weighted by atomic mass is 10.0. The number of carbonyl (C=O) groups is 3. The summed E-state index contributed by atoms with van der Waals surface area (Å²) in [4.78, 5) is 34.9. The molecule has 0 saturated carbocycles. The van der Waals surface area contributed by atoms with Crippen molar-refractivity contribution in [3.8, 4) is 22.6 Å². The lowest BCUT2D eigenvalue weighted by Crippen LogP contribution is -2.41. The number of amides is 1. The molecule has 8 nitrogen and oxygen atoms in total. The van der Waals surface area contributed by atoms with Gasteiger partial charge in [0.1, 0.15) is 23.6 Å². The van der Waals surface area contributed by atoms with Gasteiger partial charge in [0.15, 0.2) is 0 Å². The fourth-order valence-corrected chi connectivity index (χ4v) is 3.37. The van der Waals surface area contributed by atoms with Crippen LogP contribution in [0.15, 0.2) is 78.9 Å². The van der Waals surface area contributed by atoms with E-state index in [1.807, 2.05) is 42.5 Å². The molecule has 0 aromatic heterocycles. The van der Waals surface area contributed by atoms with Crippen LogP contribution in [0.1, 0.15) is 30.1 Å². The third kappa shape index (κ3) is 7.89. The molecule has 3 rings (SSSR count). The molecule has 3 N–H and O–H groups in total. The van der Waals surface area contributed by atoms with E-state index in [9.17, 15) is 19.5 Å². The van der Waals surface area contributed by atoms with Crippen molar-refractivity contribution < 1.29 is 34.1 Å². The average Bonchev–Trinajstić information content (AvgIpc) is 2.84. The van der Waals surface area contributed by atoms with Crippen molar-refractivity contribution in [1.82, 2.24) is 5.32 Å². The van der Waals surface area contributed by atoms with Crippen molar-refractivity contribution in [3.63, 3.8) is 0 Å². The SMILES string of the molecule is CC(CC(=O)O)Oc1ccc(OCCC(NC(=O)c2ccc(-c3ccccc3)cc2)C(=O)O)cc1. The Kier molecular flexibility index (Phi) is 8.83. The van der Waals surface area contributed by atoms with Gasteiger partial charge in [-0.05, 0) is 54.4 Å². The van der Waals surface area contributed by atoms with Gasteiger partial charge < -0.3 is 25.0 Å². The zero-order chi connectivity index (χ0) is 25.2. The van der Waals surface area contributed by atoms with E-state index < -0.39 is 30.0 Å². The standard InChI is InChI=1S/C27H27NO7/c1-18(17-25(29)30)35-23-13-11-22(12-14-23)34-16-15-24(27(32)33)28-26(31)21-9-7-20(8-10-21)19-5-3-2-4-6-19/h2-14,18,24H,15-17H2,1H3,(H,28,31)(H,29,30)(H,32,33). The quantitative estimate of drug-likeness (QED) is 0.356. The van der Waals surface area contributed by atoms with Crippen molar-refractivity contribution in [3.05, 3.63) is 84.4 Å². The number of carboxylic acids is 2. The minimum absolute atomic E-state index is 0.0665. The van der Waals surface area contributed by atoms with Gasteiger partial charge in [0, 0.05) is 12.0 Å². The highest BCUT2D eigenvalue weighted by Crippen LogP contribution is 2.21. The summed E-state index contributed by atoms with van der Waals surface area (Å²) in [5.74, 6) is -1.58.